The topological polar surface area (TPSA) is 26.3 Å². The summed E-state index contributed by atoms with van der Waals surface area (Å²) in [6.45, 7) is 15.5. The molecular formula is C32H52O2. The van der Waals surface area contributed by atoms with E-state index < -0.39 is 0 Å². The fourth-order valence-electron chi connectivity index (χ4n) is 3.82. The molecule has 0 unspecified atom stereocenters. The Kier molecular flexibility index (Phi) is 22.6. The van der Waals surface area contributed by atoms with Crippen molar-refractivity contribution in [1.29, 1.82) is 0 Å². The van der Waals surface area contributed by atoms with Crippen molar-refractivity contribution in [2.45, 2.75) is 117 Å². The van der Waals surface area contributed by atoms with E-state index in [9.17, 15) is 4.79 Å². The van der Waals surface area contributed by atoms with Crippen LogP contribution >= 0.6 is 0 Å². The van der Waals surface area contributed by atoms with Crippen LogP contribution in [-0.4, -0.2) is 12.6 Å². The number of ether oxygens (including phenoxy) is 1. The van der Waals surface area contributed by atoms with Gasteiger partial charge in [-0.25, -0.2) is 4.79 Å². The smallest absolute Gasteiger partial charge is 0.333 e. The second kappa shape index (κ2) is 24.0. The van der Waals surface area contributed by atoms with Gasteiger partial charge in [0.05, 0.1) is 6.61 Å². The van der Waals surface area contributed by atoms with Crippen LogP contribution in [0.25, 0.3) is 12.2 Å². The van der Waals surface area contributed by atoms with E-state index in [2.05, 4.69) is 26.7 Å². The zero-order valence-electron chi connectivity index (χ0n) is 22.4. The van der Waals surface area contributed by atoms with Crippen molar-refractivity contribution in [1.82, 2.24) is 0 Å². The Hall–Kier alpha value is -2.09. The number of rotatable bonds is 20. The highest BCUT2D eigenvalue weighted by Crippen LogP contribution is 2.14. The van der Waals surface area contributed by atoms with Crippen molar-refractivity contribution >= 4 is 18.1 Å². The van der Waals surface area contributed by atoms with Gasteiger partial charge in [0.25, 0.3) is 0 Å². The predicted molar refractivity (Wildman–Crippen MR) is 152 cm³/mol. The van der Waals surface area contributed by atoms with Crippen LogP contribution in [0.15, 0.2) is 49.6 Å². The van der Waals surface area contributed by atoms with Gasteiger partial charge in [-0.1, -0.05) is 159 Å². The number of carbonyl (C=O) groups is 1. The minimum Gasteiger partial charge on any atom is -0.462 e. The van der Waals surface area contributed by atoms with Gasteiger partial charge in [-0.15, -0.1) is 0 Å². The summed E-state index contributed by atoms with van der Waals surface area (Å²) in [6.07, 6.45) is 25.4. The normalized spacial score (nSPS) is 10.2. The molecular weight excluding hydrogens is 416 g/mol. The minimum atomic E-state index is -0.254. The molecule has 2 heteroatoms. The molecule has 0 fully saturated rings. The Morgan fingerprint density at radius 3 is 1.38 bits per heavy atom. The Morgan fingerprint density at radius 2 is 1.06 bits per heavy atom. The summed E-state index contributed by atoms with van der Waals surface area (Å²) in [5, 5.41) is 0. The lowest BCUT2D eigenvalue weighted by molar-refractivity contribution is -0.139. The molecule has 0 spiro atoms. The molecule has 1 rings (SSSR count). The van der Waals surface area contributed by atoms with Gasteiger partial charge in [0.1, 0.15) is 0 Å². The average molecular weight is 469 g/mol. The van der Waals surface area contributed by atoms with Crippen LogP contribution in [0.5, 0.6) is 0 Å². The van der Waals surface area contributed by atoms with Gasteiger partial charge < -0.3 is 4.74 Å². The highest BCUT2D eigenvalue weighted by atomic mass is 16.5. The molecule has 0 saturated heterocycles. The van der Waals surface area contributed by atoms with Crippen LogP contribution in [0.1, 0.15) is 128 Å². The molecule has 0 aromatic heterocycles. The van der Waals surface area contributed by atoms with Crippen LogP contribution in [0.3, 0.4) is 0 Å². The molecule has 1 aromatic carbocycles. The van der Waals surface area contributed by atoms with Crippen LogP contribution in [-0.2, 0) is 9.53 Å². The predicted octanol–water partition coefficient (Wildman–Crippen LogP) is 10.3. The summed E-state index contributed by atoms with van der Waals surface area (Å²) >= 11 is 0. The molecule has 0 aliphatic rings. The third-order valence-electron chi connectivity index (χ3n) is 6.02. The molecule has 0 bridgehead atoms. The summed E-state index contributed by atoms with van der Waals surface area (Å²) < 4.78 is 5.08. The number of hydrogen-bond donors (Lipinski definition) is 0. The number of carbonyl (C=O) groups excluding carboxylic acids is 1. The molecule has 192 valence electrons. The molecule has 1 aromatic rings. The standard InChI is InChI=1S/C22H42O2.C10H10/c1-4-5-6-7-8-9-10-11-12-13-14-15-16-17-18-19-20-24-22(23)21(2)3;1-3-9-7-5-6-8-10(9)4-2/h2,4-20H2,1,3H3;3-8H,1-2H2. The van der Waals surface area contributed by atoms with E-state index in [1.54, 1.807) is 6.92 Å². The van der Waals surface area contributed by atoms with Crippen LogP contribution in [0, 0.1) is 0 Å². The van der Waals surface area contributed by atoms with Gasteiger partial charge in [0.15, 0.2) is 0 Å². The van der Waals surface area contributed by atoms with E-state index >= 15 is 0 Å². The molecule has 0 N–H and O–H groups in total. The summed E-state index contributed by atoms with van der Waals surface area (Å²) in [5.74, 6) is -0.254. The van der Waals surface area contributed by atoms with E-state index in [-0.39, 0.29) is 5.97 Å². The highest BCUT2D eigenvalue weighted by Gasteiger charge is 2.01. The molecule has 2 nitrogen and oxygen atoms in total. The monoisotopic (exact) mass is 468 g/mol. The zero-order chi connectivity index (χ0) is 25.3. The number of esters is 1. The highest BCUT2D eigenvalue weighted by molar-refractivity contribution is 5.86. The van der Waals surface area contributed by atoms with Crippen LogP contribution in [0.2, 0.25) is 0 Å². The molecule has 34 heavy (non-hydrogen) atoms. The van der Waals surface area contributed by atoms with Gasteiger partial charge in [0, 0.05) is 5.57 Å². The molecule has 0 aliphatic carbocycles. The zero-order valence-corrected chi connectivity index (χ0v) is 22.4. The first-order valence-corrected chi connectivity index (χ1v) is 13.7. The number of benzene rings is 1. The maximum atomic E-state index is 11.2. The maximum Gasteiger partial charge on any atom is 0.333 e. The van der Waals surface area contributed by atoms with Crippen molar-refractivity contribution in [3.63, 3.8) is 0 Å². The Labute approximate surface area is 211 Å². The van der Waals surface area contributed by atoms with Gasteiger partial charge in [-0.05, 0) is 24.5 Å². The van der Waals surface area contributed by atoms with Crippen molar-refractivity contribution in [2.24, 2.45) is 0 Å². The first kappa shape index (κ1) is 31.9. The fourth-order valence-corrected chi connectivity index (χ4v) is 3.82. The van der Waals surface area contributed by atoms with Crippen molar-refractivity contribution in [2.75, 3.05) is 6.61 Å². The lowest BCUT2D eigenvalue weighted by Crippen LogP contribution is -2.05. The molecule has 0 amide bonds. The molecule has 0 radical (unpaired) electrons. The Morgan fingerprint density at radius 1 is 0.706 bits per heavy atom. The molecule has 0 heterocycles. The quantitative estimate of drug-likeness (QED) is 0.108. The van der Waals surface area contributed by atoms with Crippen LogP contribution < -0.4 is 0 Å². The third-order valence-corrected chi connectivity index (χ3v) is 6.02. The summed E-state index contributed by atoms with van der Waals surface area (Å²) in [4.78, 5) is 11.2. The van der Waals surface area contributed by atoms with Crippen molar-refractivity contribution < 1.29 is 9.53 Å². The van der Waals surface area contributed by atoms with Gasteiger partial charge in [0.2, 0.25) is 0 Å². The molecule has 0 saturated carbocycles. The number of unbranched alkanes of at least 4 members (excludes halogenated alkanes) is 15. The van der Waals surface area contributed by atoms with Crippen molar-refractivity contribution in [3.05, 3.63) is 60.7 Å². The van der Waals surface area contributed by atoms with Gasteiger partial charge in [-0.2, -0.15) is 0 Å². The Bertz CT molecular complexity index is 632. The van der Waals surface area contributed by atoms with E-state index in [0.717, 1.165) is 17.5 Å². The van der Waals surface area contributed by atoms with Gasteiger partial charge in [-0.3, -0.25) is 0 Å². The lowest BCUT2D eigenvalue weighted by atomic mass is 10.0. The van der Waals surface area contributed by atoms with E-state index in [0.29, 0.717) is 12.2 Å². The van der Waals surface area contributed by atoms with Crippen molar-refractivity contribution in [3.8, 4) is 0 Å². The molecule has 0 atom stereocenters. The van der Waals surface area contributed by atoms with Crippen LogP contribution in [0.4, 0.5) is 0 Å². The Balaban J connectivity index is 0.000000896. The number of hydrogen-bond acceptors (Lipinski definition) is 2. The van der Waals surface area contributed by atoms with E-state index in [1.807, 2.05) is 36.4 Å². The maximum absolute atomic E-state index is 11.2. The van der Waals surface area contributed by atoms with Gasteiger partial charge >= 0.3 is 5.97 Å². The lowest BCUT2D eigenvalue weighted by Gasteiger charge is -2.05. The largest absolute Gasteiger partial charge is 0.462 e. The second-order valence-corrected chi connectivity index (χ2v) is 9.26. The summed E-state index contributed by atoms with van der Waals surface area (Å²) in [7, 11) is 0. The second-order valence-electron chi connectivity index (χ2n) is 9.26. The fraction of sp³-hybridized carbons (Fsp3) is 0.594. The summed E-state index contributed by atoms with van der Waals surface area (Å²) in [6, 6.07) is 8.02. The SMILES string of the molecule is C=C(C)C(=O)OCCCCCCCCCCCCCCCCCC.C=Cc1ccccc1C=C. The summed E-state index contributed by atoms with van der Waals surface area (Å²) in [5.41, 5.74) is 2.77. The minimum absolute atomic E-state index is 0.254. The van der Waals surface area contributed by atoms with E-state index in [1.165, 1.54) is 96.3 Å². The molecule has 0 aliphatic heterocycles. The average Bonchev–Trinajstić information content (AvgIpc) is 2.86. The first-order valence-electron chi connectivity index (χ1n) is 13.7. The first-order chi connectivity index (χ1) is 16.6. The third kappa shape index (κ3) is 19.4. The van der Waals surface area contributed by atoms with E-state index in [4.69, 9.17) is 4.74 Å².